The fraction of sp³-hybridized carbons (Fsp3) is 0.476. The van der Waals surface area contributed by atoms with Gasteiger partial charge in [-0.3, -0.25) is 4.79 Å². The van der Waals surface area contributed by atoms with Crippen molar-refractivity contribution < 1.29 is 9.90 Å². The number of benzene rings is 2. The number of phenols is 1. The maximum atomic E-state index is 13.1. The lowest BCUT2D eigenvalue weighted by atomic mass is 9.35. The summed E-state index contributed by atoms with van der Waals surface area (Å²) < 4.78 is 0. The fourth-order valence-corrected chi connectivity index (χ4v) is 6.21. The zero-order valence-corrected chi connectivity index (χ0v) is 15.1. The third-order valence-electron chi connectivity index (χ3n) is 6.56. The van der Waals surface area contributed by atoms with E-state index in [4.69, 9.17) is 11.6 Å². The standard InChI is InChI=1S/C21H22ClNO2/c1-20-10-21(11-20,12-20)7-18(25)23-9-13(8-22)19-15-5-3-2-4-14(15)17(24)6-16(19)23/h2-6,13,24H,7-12H2,1H3. The second-order valence-electron chi connectivity index (χ2n) is 8.75. The number of nitrogens with zero attached hydrogens (tertiary/aromatic N) is 1. The Kier molecular flexibility index (Phi) is 3.05. The number of phenolic OH excluding ortho intramolecular Hbond substituents is 1. The summed E-state index contributed by atoms with van der Waals surface area (Å²) in [5.41, 5.74) is 2.73. The molecule has 0 radical (unpaired) electrons. The van der Waals surface area contributed by atoms with Gasteiger partial charge in [0.05, 0.1) is 5.69 Å². The maximum Gasteiger partial charge on any atom is 0.227 e. The molecule has 130 valence electrons. The van der Waals surface area contributed by atoms with Crippen molar-refractivity contribution in [2.24, 2.45) is 10.8 Å². The molecule has 1 unspecified atom stereocenters. The predicted octanol–water partition coefficient (Wildman–Crippen LogP) is 4.79. The second kappa shape index (κ2) is 4.91. The average molecular weight is 356 g/mol. The van der Waals surface area contributed by atoms with Gasteiger partial charge in [-0.2, -0.15) is 0 Å². The van der Waals surface area contributed by atoms with E-state index in [2.05, 4.69) is 6.92 Å². The smallest absolute Gasteiger partial charge is 0.227 e. The summed E-state index contributed by atoms with van der Waals surface area (Å²) in [6.07, 6.45) is 4.20. The first-order valence-corrected chi connectivity index (χ1v) is 9.58. The van der Waals surface area contributed by atoms with Gasteiger partial charge >= 0.3 is 0 Å². The molecule has 6 rings (SSSR count). The Morgan fingerprint density at radius 1 is 1.28 bits per heavy atom. The summed E-state index contributed by atoms with van der Waals surface area (Å²) in [5.74, 6) is 1.02. The van der Waals surface area contributed by atoms with E-state index < -0.39 is 0 Å². The Bertz CT molecular complexity index is 886. The van der Waals surface area contributed by atoms with Crippen LogP contribution in [0.3, 0.4) is 0 Å². The summed E-state index contributed by atoms with van der Waals surface area (Å²) in [6.45, 7) is 2.94. The van der Waals surface area contributed by atoms with Gasteiger partial charge in [0.15, 0.2) is 0 Å². The van der Waals surface area contributed by atoms with Crippen LogP contribution in [0, 0.1) is 10.8 Å². The van der Waals surface area contributed by atoms with Crippen LogP contribution < -0.4 is 4.90 Å². The minimum Gasteiger partial charge on any atom is -0.507 e. The molecule has 3 aliphatic carbocycles. The molecule has 1 atom stereocenters. The third-order valence-corrected chi connectivity index (χ3v) is 6.94. The molecule has 3 fully saturated rings. The van der Waals surface area contributed by atoms with Crippen molar-refractivity contribution in [1.29, 1.82) is 0 Å². The zero-order chi connectivity index (χ0) is 17.4. The van der Waals surface area contributed by atoms with Gasteiger partial charge in [-0.05, 0) is 41.0 Å². The van der Waals surface area contributed by atoms with Gasteiger partial charge in [-0.25, -0.2) is 0 Å². The summed E-state index contributed by atoms with van der Waals surface area (Å²) in [7, 11) is 0. The number of aromatic hydroxyl groups is 1. The number of halogens is 1. The molecule has 1 heterocycles. The molecular formula is C21H22ClNO2. The van der Waals surface area contributed by atoms with Gasteiger partial charge in [-0.15, -0.1) is 11.6 Å². The van der Waals surface area contributed by atoms with Crippen LogP contribution >= 0.6 is 11.6 Å². The highest BCUT2D eigenvalue weighted by Gasteiger charge is 2.65. The summed E-state index contributed by atoms with van der Waals surface area (Å²) in [6, 6.07) is 9.59. The molecule has 0 spiro atoms. The second-order valence-corrected chi connectivity index (χ2v) is 9.06. The molecule has 1 aliphatic heterocycles. The number of amides is 1. The van der Waals surface area contributed by atoms with Crippen LogP contribution in [0.5, 0.6) is 5.75 Å². The van der Waals surface area contributed by atoms with E-state index in [1.165, 1.54) is 19.3 Å². The number of alkyl halides is 1. The van der Waals surface area contributed by atoms with Crippen molar-refractivity contribution in [2.45, 2.75) is 38.5 Å². The Morgan fingerprint density at radius 3 is 2.60 bits per heavy atom. The average Bonchev–Trinajstić information content (AvgIpc) is 2.91. The highest BCUT2D eigenvalue weighted by atomic mass is 35.5. The summed E-state index contributed by atoms with van der Waals surface area (Å²) >= 11 is 6.24. The van der Waals surface area contributed by atoms with E-state index in [0.717, 1.165) is 22.0 Å². The normalized spacial score (nSPS) is 32.2. The van der Waals surface area contributed by atoms with Crippen molar-refractivity contribution in [2.75, 3.05) is 17.3 Å². The summed E-state index contributed by atoms with van der Waals surface area (Å²) in [4.78, 5) is 14.9. The van der Waals surface area contributed by atoms with Gasteiger partial charge in [0.25, 0.3) is 0 Å². The van der Waals surface area contributed by atoms with Crippen LogP contribution in [0.4, 0.5) is 5.69 Å². The molecule has 2 aromatic carbocycles. The first-order chi connectivity index (χ1) is 11.9. The van der Waals surface area contributed by atoms with Crippen LogP contribution in [0.15, 0.2) is 30.3 Å². The van der Waals surface area contributed by atoms with Gasteiger partial charge in [0, 0.05) is 36.2 Å². The van der Waals surface area contributed by atoms with Gasteiger partial charge in [-0.1, -0.05) is 31.2 Å². The molecule has 0 saturated heterocycles. The third kappa shape index (κ3) is 2.08. The number of carbonyl (C=O) groups excluding carboxylic acids is 1. The zero-order valence-electron chi connectivity index (χ0n) is 14.4. The van der Waals surface area contributed by atoms with Crippen molar-refractivity contribution in [3.05, 3.63) is 35.9 Å². The molecule has 1 N–H and O–H groups in total. The van der Waals surface area contributed by atoms with E-state index in [0.29, 0.717) is 24.3 Å². The Balaban J connectivity index is 1.53. The molecule has 25 heavy (non-hydrogen) atoms. The van der Waals surface area contributed by atoms with Crippen LogP contribution in [0.1, 0.15) is 44.1 Å². The van der Waals surface area contributed by atoms with E-state index in [1.807, 2.05) is 29.2 Å². The molecule has 0 aromatic heterocycles. The highest BCUT2D eigenvalue weighted by Crippen LogP contribution is 2.74. The minimum absolute atomic E-state index is 0.122. The molecule has 3 saturated carbocycles. The van der Waals surface area contributed by atoms with Crippen molar-refractivity contribution in [1.82, 2.24) is 0 Å². The van der Waals surface area contributed by atoms with Crippen molar-refractivity contribution in [3.8, 4) is 5.75 Å². The number of hydrogen-bond donors (Lipinski definition) is 1. The van der Waals surface area contributed by atoms with Crippen LogP contribution in [0.25, 0.3) is 10.8 Å². The Morgan fingerprint density at radius 2 is 1.96 bits per heavy atom. The lowest BCUT2D eigenvalue weighted by molar-refractivity contribution is -0.195. The Labute approximate surface area is 152 Å². The molecular weight excluding hydrogens is 334 g/mol. The number of hydrogen-bond acceptors (Lipinski definition) is 2. The number of rotatable bonds is 3. The van der Waals surface area contributed by atoms with Gasteiger partial charge < -0.3 is 10.0 Å². The number of carbonyl (C=O) groups is 1. The number of anilines is 1. The topological polar surface area (TPSA) is 40.5 Å². The van der Waals surface area contributed by atoms with Crippen LogP contribution in [-0.4, -0.2) is 23.4 Å². The van der Waals surface area contributed by atoms with E-state index in [9.17, 15) is 9.90 Å². The van der Waals surface area contributed by atoms with E-state index >= 15 is 0 Å². The maximum absolute atomic E-state index is 13.1. The first-order valence-electron chi connectivity index (χ1n) is 9.05. The SMILES string of the molecule is CC12CC(CC(=O)N3CC(CCl)c4c3cc(O)c3ccccc43)(C1)C2. The van der Waals surface area contributed by atoms with Crippen LogP contribution in [0.2, 0.25) is 0 Å². The minimum atomic E-state index is 0.122. The largest absolute Gasteiger partial charge is 0.507 e. The molecule has 4 heteroatoms. The van der Waals surface area contributed by atoms with E-state index in [1.54, 1.807) is 6.07 Å². The van der Waals surface area contributed by atoms with Gasteiger partial charge in [0.2, 0.25) is 5.91 Å². The Hall–Kier alpha value is -1.74. The lowest BCUT2D eigenvalue weighted by Crippen LogP contribution is -2.61. The lowest BCUT2D eigenvalue weighted by Gasteiger charge is -2.70. The van der Waals surface area contributed by atoms with Crippen molar-refractivity contribution >= 4 is 34.0 Å². The predicted molar refractivity (Wildman–Crippen MR) is 100 cm³/mol. The monoisotopic (exact) mass is 355 g/mol. The molecule has 2 bridgehead atoms. The molecule has 4 aliphatic rings. The fourth-order valence-electron chi connectivity index (χ4n) is 5.95. The highest BCUT2D eigenvalue weighted by molar-refractivity contribution is 6.19. The number of fused-ring (bicyclic) bond motifs is 3. The van der Waals surface area contributed by atoms with E-state index in [-0.39, 0.29) is 23.0 Å². The van der Waals surface area contributed by atoms with Crippen molar-refractivity contribution in [3.63, 3.8) is 0 Å². The quantitative estimate of drug-likeness (QED) is 0.804. The first kappa shape index (κ1) is 15.5. The molecule has 3 nitrogen and oxygen atoms in total. The van der Waals surface area contributed by atoms with Crippen LogP contribution in [-0.2, 0) is 4.79 Å². The molecule has 2 aromatic rings. The summed E-state index contributed by atoms with van der Waals surface area (Å²) in [5, 5.41) is 12.3. The van der Waals surface area contributed by atoms with Gasteiger partial charge in [0.1, 0.15) is 5.75 Å². The molecule has 1 amide bonds.